The summed E-state index contributed by atoms with van der Waals surface area (Å²) in [7, 11) is -3.67. The fourth-order valence-corrected chi connectivity index (χ4v) is 4.24. The number of hydrogen-bond donors (Lipinski definition) is 1. The molecular weight excluding hydrogens is 386 g/mol. The first-order valence-corrected chi connectivity index (χ1v) is 10.8. The zero-order chi connectivity index (χ0) is 20.3. The number of ether oxygens (including phenoxy) is 1. The van der Waals surface area contributed by atoms with Gasteiger partial charge in [-0.15, -0.1) is 0 Å². The van der Waals surface area contributed by atoms with E-state index in [0.717, 1.165) is 22.1 Å². The topological polar surface area (TPSA) is 73.2 Å². The third kappa shape index (κ3) is 4.16. The molecule has 0 bridgehead atoms. The van der Waals surface area contributed by atoms with Crippen LogP contribution in [0.4, 0.5) is 0 Å². The molecule has 0 atom stereocenters. The van der Waals surface area contributed by atoms with Crippen LogP contribution in [0, 0.1) is 0 Å². The Morgan fingerprint density at radius 2 is 1.72 bits per heavy atom. The van der Waals surface area contributed by atoms with Crippen LogP contribution in [0.1, 0.15) is 12.5 Å². The number of nitrogens with zero attached hydrogens (tertiary/aromatic N) is 2. The molecule has 0 aliphatic heterocycles. The number of pyridine rings is 1. The highest BCUT2D eigenvalue weighted by atomic mass is 32.2. The van der Waals surface area contributed by atoms with E-state index in [0.29, 0.717) is 18.0 Å². The van der Waals surface area contributed by atoms with Crippen molar-refractivity contribution in [2.75, 3.05) is 6.61 Å². The van der Waals surface area contributed by atoms with Gasteiger partial charge in [-0.25, -0.2) is 8.96 Å². The van der Waals surface area contributed by atoms with E-state index in [1.807, 2.05) is 61.5 Å². The number of para-hydroxylation sites is 1. The largest absolute Gasteiger partial charge is 0.478 e. The molecule has 0 fully saturated rings. The Morgan fingerprint density at radius 1 is 0.966 bits per heavy atom. The van der Waals surface area contributed by atoms with Crippen molar-refractivity contribution < 1.29 is 13.2 Å². The highest BCUT2D eigenvalue weighted by Crippen LogP contribution is 2.21. The molecule has 0 aliphatic rings. The molecule has 29 heavy (non-hydrogen) atoms. The fourth-order valence-electron chi connectivity index (χ4n) is 3.11. The molecule has 0 spiro atoms. The molecule has 2 heterocycles. The Kier molecular flexibility index (Phi) is 5.33. The van der Waals surface area contributed by atoms with E-state index in [1.165, 1.54) is 3.97 Å². The molecule has 2 aromatic heterocycles. The molecule has 4 aromatic rings. The highest BCUT2D eigenvalue weighted by Gasteiger charge is 2.15. The monoisotopic (exact) mass is 407 g/mol. The number of benzene rings is 2. The van der Waals surface area contributed by atoms with Crippen LogP contribution in [0.2, 0.25) is 0 Å². The Morgan fingerprint density at radius 3 is 2.45 bits per heavy atom. The van der Waals surface area contributed by atoms with E-state index in [9.17, 15) is 8.42 Å². The van der Waals surface area contributed by atoms with Gasteiger partial charge in [0.05, 0.1) is 12.1 Å². The normalized spacial score (nSPS) is 11.6. The molecule has 6 nitrogen and oxygen atoms in total. The maximum Gasteiger partial charge on any atom is 0.305 e. The highest BCUT2D eigenvalue weighted by molar-refractivity contribution is 7.88. The smallest absolute Gasteiger partial charge is 0.305 e. The van der Waals surface area contributed by atoms with Crippen molar-refractivity contribution in [3.8, 4) is 17.0 Å². The van der Waals surface area contributed by atoms with Gasteiger partial charge in [0.25, 0.3) is 0 Å². The predicted molar refractivity (Wildman–Crippen MR) is 114 cm³/mol. The number of nitrogens with one attached hydrogen (secondary N) is 1. The standard InChI is InChI=1S/C22H21N3O3S/c1-2-28-22-12-11-20(16-23-22)18-9-7-17(8-10-18)15-24-29(26,27)25-14-13-19-5-3-4-6-21(19)25/h3-14,16,24H,2,15H2,1H3. The molecule has 0 radical (unpaired) electrons. The van der Waals surface area contributed by atoms with E-state index < -0.39 is 10.2 Å². The minimum atomic E-state index is -3.67. The van der Waals surface area contributed by atoms with Gasteiger partial charge < -0.3 is 4.74 Å². The summed E-state index contributed by atoms with van der Waals surface area (Å²) in [6.07, 6.45) is 3.33. The molecule has 0 saturated carbocycles. The van der Waals surface area contributed by atoms with Crippen LogP contribution in [0.5, 0.6) is 5.88 Å². The molecule has 4 rings (SSSR count). The summed E-state index contributed by atoms with van der Waals surface area (Å²) in [6.45, 7) is 2.70. The van der Waals surface area contributed by atoms with Gasteiger partial charge >= 0.3 is 10.2 Å². The Labute approximate surface area is 170 Å². The van der Waals surface area contributed by atoms with Crippen LogP contribution in [0.3, 0.4) is 0 Å². The summed E-state index contributed by atoms with van der Waals surface area (Å²) in [5.41, 5.74) is 3.49. The maximum atomic E-state index is 12.7. The minimum absolute atomic E-state index is 0.205. The van der Waals surface area contributed by atoms with Crippen molar-refractivity contribution in [2.45, 2.75) is 13.5 Å². The van der Waals surface area contributed by atoms with Crippen LogP contribution in [-0.4, -0.2) is 24.0 Å². The fraction of sp³-hybridized carbons (Fsp3) is 0.136. The lowest BCUT2D eigenvalue weighted by molar-refractivity contribution is 0.327. The van der Waals surface area contributed by atoms with Crippen LogP contribution in [0.25, 0.3) is 22.0 Å². The van der Waals surface area contributed by atoms with Crippen molar-refractivity contribution in [1.29, 1.82) is 0 Å². The van der Waals surface area contributed by atoms with Crippen molar-refractivity contribution >= 4 is 21.1 Å². The first-order valence-electron chi connectivity index (χ1n) is 9.31. The van der Waals surface area contributed by atoms with E-state index in [1.54, 1.807) is 24.5 Å². The quantitative estimate of drug-likeness (QED) is 0.503. The van der Waals surface area contributed by atoms with Crippen LogP contribution >= 0.6 is 0 Å². The van der Waals surface area contributed by atoms with Crippen molar-refractivity contribution in [1.82, 2.24) is 13.7 Å². The second-order valence-corrected chi connectivity index (χ2v) is 8.14. The van der Waals surface area contributed by atoms with Crippen molar-refractivity contribution in [3.63, 3.8) is 0 Å². The van der Waals surface area contributed by atoms with Gasteiger partial charge in [-0.1, -0.05) is 42.5 Å². The number of rotatable bonds is 7. The Bertz CT molecular complexity index is 1210. The molecule has 148 valence electrons. The van der Waals surface area contributed by atoms with Crippen LogP contribution in [-0.2, 0) is 16.8 Å². The van der Waals surface area contributed by atoms with E-state index >= 15 is 0 Å². The third-order valence-electron chi connectivity index (χ3n) is 4.60. The number of fused-ring (bicyclic) bond motifs is 1. The average Bonchev–Trinajstić information content (AvgIpc) is 3.19. The summed E-state index contributed by atoms with van der Waals surface area (Å²) in [4.78, 5) is 4.27. The molecule has 2 aromatic carbocycles. The lowest BCUT2D eigenvalue weighted by Crippen LogP contribution is -2.28. The number of hydrogen-bond acceptors (Lipinski definition) is 4. The first-order chi connectivity index (χ1) is 14.1. The molecule has 0 saturated heterocycles. The molecule has 1 N–H and O–H groups in total. The lowest BCUT2D eigenvalue weighted by atomic mass is 10.1. The first kappa shape index (κ1) is 19.2. The van der Waals surface area contributed by atoms with Gasteiger partial charge in [-0.3, -0.25) is 0 Å². The molecule has 0 amide bonds. The average molecular weight is 407 g/mol. The molecule has 0 unspecified atom stereocenters. The zero-order valence-corrected chi connectivity index (χ0v) is 16.8. The third-order valence-corrected chi connectivity index (χ3v) is 5.94. The second kappa shape index (κ2) is 8.06. The van der Waals surface area contributed by atoms with Crippen molar-refractivity contribution in [2.24, 2.45) is 0 Å². The number of aromatic nitrogens is 2. The van der Waals surface area contributed by atoms with Gasteiger partial charge in [0.15, 0.2) is 0 Å². The van der Waals surface area contributed by atoms with Gasteiger partial charge in [-0.2, -0.15) is 13.1 Å². The maximum absolute atomic E-state index is 12.7. The summed E-state index contributed by atoms with van der Waals surface area (Å²) in [5, 5.41) is 0.881. The van der Waals surface area contributed by atoms with Crippen molar-refractivity contribution in [3.05, 3.63) is 84.7 Å². The Hall–Kier alpha value is -3.16. The summed E-state index contributed by atoms with van der Waals surface area (Å²) in [5.74, 6) is 0.597. The minimum Gasteiger partial charge on any atom is -0.478 e. The van der Waals surface area contributed by atoms with E-state index in [4.69, 9.17) is 4.74 Å². The van der Waals surface area contributed by atoms with Gasteiger partial charge in [0.1, 0.15) is 0 Å². The van der Waals surface area contributed by atoms with E-state index in [2.05, 4.69) is 9.71 Å². The van der Waals surface area contributed by atoms with Crippen LogP contribution in [0.15, 0.2) is 79.1 Å². The van der Waals surface area contributed by atoms with Gasteiger partial charge in [0.2, 0.25) is 5.88 Å². The molecular formula is C22H21N3O3S. The van der Waals surface area contributed by atoms with Gasteiger partial charge in [0, 0.05) is 36.0 Å². The molecule has 0 aliphatic carbocycles. The summed E-state index contributed by atoms with van der Waals surface area (Å²) in [6, 6.07) is 20.7. The summed E-state index contributed by atoms with van der Waals surface area (Å²) >= 11 is 0. The summed E-state index contributed by atoms with van der Waals surface area (Å²) < 4.78 is 34.7. The second-order valence-electron chi connectivity index (χ2n) is 6.51. The SMILES string of the molecule is CCOc1ccc(-c2ccc(CNS(=O)(=O)n3ccc4ccccc43)cc2)cn1. The predicted octanol–water partition coefficient (Wildman–Crippen LogP) is 3.98. The van der Waals surface area contributed by atoms with E-state index in [-0.39, 0.29) is 6.54 Å². The van der Waals surface area contributed by atoms with Crippen LogP contribution < -0.4 is 9.46 Å². The molecule has 7 heteroatoms. The lowest BCUT2D eigenvalue weighted by Gasteiger charge is -2.10. The zero-order valence-electron chi connectivity index (χ0n) is 15.9. The van der Waals surface area contributed by atoms with Gasteiger partial charge in [-0.05, 0) is 36.2 Å². The Balaban J connectivity index is 1.46.